The molecule has 0 fully saturated rings. The Morgan fingerprint density at radius 2 is 1.72 bits per heavy atom. The Labute approximate surface area is 314 Å². The minimum atomic E-state index is -3.42. The number of sulfone groups is 1. The number of nitrogens with zero attached hydrogens (tertiary/aromatic N) is 3. The summed E-state index contributed by atoms with van der Waals surface area (Å²) < 4.78 is 48.1. The van der Waals surface area contributed by atoms with Gasteiger partial charge in [0.15, 0.2) is 9.84 Å². The third-order valence-electron chi connectivity index (χ3n) is 7.74. The van der Waals surface area contributed by atoms with Gasteiger partial charge < -0.3 is 19.4 Å². The zero-order chi connectivity index (χ0) is 39.1. The van der Waals surface area contributed by atoms with Crippen molar-refractivity contribution >= 4 is 59.9 Å². The molecular weight excluding hydrogens is 770 g/mol. The molecule has 3 amide bonds. The van der Waals surface area contributed by atoms with Gasteiger partial charge in [-0.1, -0.05) is 55.8 Å². The van der Waals surface area contributed by atoms with Gasteiger partial charge in [0, 0.05) is 35.5 Å². The van der Waals surface area contributed by atoms with Crippen molar-refractivity contribution in [3.05, 3.63) is 107 Å². The molecule has 0 atom stereocenters. The third-order valence-corrected chi connectivity index (χ3v) is 8.96. The fourth-order valence-corrected chi connectivity index (χ4v) is 6.19. The molecule has 0 bridgehead atoms. The maximum absolute atomic E-state index is 14.8. The van der Waals surface area contributed by atoms with Gasteiger partial charge >= 0.3 is 37.0 Å². The Hall–Kier alpha value is -5.29. The van der Waals surface area contributed by atoms with Gasteiger partial charge in [0.1, 0.15) is 11.5 Å². The first-order valence-corrected chi connectivity index (χ1v) is 21.0. The van der Waals surface area contributed by atoms with Crippen LogP contribution in [0.15, 0.2) is 73.1 Å². The molecule has 1 N–H and O–H groups in total. The topological polar surface area (TPSA) is 167 Å². The summed E-state index contributed by atoms with van der Waals surface area (Å²) in [5, 5.41) is 8.28. The van der Waals surface area contributed by atoms with E-state index >= 15 is 0 Å². The van der Waals surface area contributed by atoms with Crippen molar-refractivity contribution in [1.82, 2.24) is 14.8 Å². The van der Waals surface area contributed by atoms with Gasteiger partial charge in [-0.05, 0) is 42.7 Å². The monoisotopic (exact) mass is 812 g/mol. The van der Waals surface area contributed by atoms with Crippen LogP contribution in [-0.2, 0) is 36.4 Å². The normalized spacial score (nSPS) is 12.0. The second kappa shape index (κ2) is 20.1. The van der Waals surface area contributed by atoms with Crippen LogP contribution in [0.4, 0.5) is 4.39 Å². The number of para-hydroxylation sites is 1. The summed E-state index contributed by atoms with van der Waals surface area (Å²) in [6.07, 6.45) is 6.35. The summed E-state index contributed by atoms with van der Waals surface area (Å²) in [4.78, 5) is 55.6. The number of aromatic amines is 1. The van der Waals surface area contributed by atoms with E-state index in [4.69, 9.17) is 14.7 Å². The van der Waals surface area contributed by atoms with Gasteiger partial charge in [0.25, 0.3) is 11.8 Å². The number of benzene rings is 3. The van der Waals surface area contributed by atoms with Crippen molar-refractivity contribution in [2.45, 2.75) is 44.8 Å². The molecule has 4 aromatic rings. The number of esters is 1. The van der Waals surface area contributed by atoms with Gasteiger partial charge in [-0.3, -0.25) is 19.3 Å². The molecular formula is C38H41FN4O8SSe. The summed E-state index contributed by atoms with van der Waals surface area (Å²) >= 11 is 0.222. The number of nitriles is 1. The second-order valence-corrected chi connectivity index (χ2v) is 14.9. The van der Waals surface area contributed by atoms with E-state index < -0.39 is 27.4 Å². The van der Waals surface area contributed by atoms with Crippen molar-refractivity contribution < 1.29 is 41.5 Å². The predicted molar refractivity (Wildman–Crippen MR) is 200 cm³/mol. The van der Waals surface area contributed by atoms with Crippen LogP contribution in [0.1, 0.15) is 69.0 Å². The first-order valence-electron chi connectivity index (χ1n) is 16.4. The molecule has 280 valence electrons. The van der Waals surface area contributed by atoms with E-state index in [-0.39, 0.29) is 51.2 Å². The molecule has 5 rings (SSSR count). The summed E-state index contributed by atoms with van der Waals surface area (Å²) in [5.41, 5.74) is 3.34. The summed E-state index contributed by atoms with van der Waals surface area (Å²) in [6, 6.07) is 16.5. The second-order valence-electron chi connectivity index (χ2n) is 11.6. The van der Waals surface area contributed by atoms with Gasteiger partial charge in [-0.15, -0.1) is 0 Å². The maximum atomic E-state index is 14.8. The number of nitrogens with one attached hydrogen (secondary N) is 1. The van der Waals surface area contributed by atoms with Crippen molar-refractivity contribution in [2.75, 3.05) is 26.5 Å². The van der Waals surface area contributed by atoms with E-state index in [1.165, 1.54) is 41.5 Å². The molecule has 0 saturated carbocycles. The average Bonchev–Trinajstić information content (AvgIpc) is 3.65. The van der Waals surface area contributed by atoms with Crippen LogP contribution in [0, 0.1) is 16.0 Å². The summed E-state index contributed by atoms with van der Waals surface area (Å²) in [5.74, 6) is -0.161. The standard InChI is InChI=1S/C24H25FN2O6S.C12H13NO2.C2H3NSe/c1-4-33-24(29)23-21(16-8-9-18(20(25)12-16)14-34(3,30)31)19-7-5-6-17(22(19)26-23)13-27(15-28)10-11-32-2;1-2-3-8-13-11(14)9-6-4-5-7-10(9)12(13)15;1-4-2-3/h5-12,15,26H,4,13-14H2,1-3H3;4-7H,2-3,8H2,1H3;1H3/b11-10-;;. The summed E-state index contributed by atoms with van der Waals surface area (Å²) in [7, 11) is -1.96. The predicted octanol–water partition coefficient (Wildman–Crippen LogP) is 6.07. The van der Waals surface area contributed by atoms with Crippen molar-refractivity contribution in [1.29, 1.82) is 5.26 Å². The number of rotatable bonds is 13. The van der Waals surface area contributed by atoms with Crippen LogP contribution in [0.3, 0.4) is 0 Å². The Morgan fingerprint density at radius 3 is 2.25 bits per heavy atom. The number of carbonyl (C=O) groups is 4. The fraction of sp³-hybridized carbons (Fsp3) is 0.289. The summed E-state index contributed by atoms with van der Waals surface area (Å²) in [6.45, 7) is 4.57. The first-order chi connectivity index (χ1) is 25.3. The zero-order valence-electron chi connectivity index (χ0n) is 30.1. The van der Waals surface area contributed by atoms with E-state index in [0.717, 1.165) is 19.1 Å². The SMILES string of the molecule is CCCCN1C(=O)c2ccccc2C1=O.CCOC(=O)c1[nH]c2c(CN(C=O)/C=C\OC)cccc2c1-c1ccc(CS(C)(=O)=O)c(F)c1.C[Se]C#N. The number of fused-ring (bicyclic) bond motifs is 2. The Kier molecular flexibility index (Phi) is 16.0. The third kappa shape index (κ3) is 11.1. The zero-order valence-corrected chi connectivity index (χ0v) is 32.6. The van der Waals surface area contributed by atoms with E-state index in [1.807, 2.05) is 17.7 Å². The number of ether oxygens (including phenoxy) is 2. The molecule has 53 heavy (non-hydrogen) atoms. The van der Waals surface area contributed by atoms with Crippen molar-refractivity contribution in [3.8, 4) is 16.1 Å². The molecule has 0 saturated heterocycles. The number of amides is 3. The van der Waals surface area contributed by atoms with Crippen molar-refractivity contribution in [2.24, 2.45) is 0 Å². The van der Waals surface area contributed by atoms with Crippen molar-refractivity contribution in [3.63, 3.8) is 0 Å². The Morgan fingerprint density at radius 1 is 1.06 bits per heavy atom. The van der Waals surface area contributed by atoms with Crippen LogP contribution >= 0.6 is 0 Å². The van der Waals surface area contributed by atoms with Crippen LogP contribution in [0.2, 0.25) is 5.82 Å². The molecule has 0 radical (unpaired) electrons. The number of hydrogen-bond acceptors (Lipinski definition) is 9. The molecule has 0 spiro atoms. The minimum absolute atomic E-state index is 0.0380. The van der Waals surface area contributed by atoms with E-state index in [9.17, 15) is 32.0 Å². The molecule has 2 heterocycles. The van der Waals surface area contributed by atoms with Gasteiger partial charge in [-0.2, -0.15) is 0 Å². The molecule has 0 unspecified atom stereocenters. The molecule has 3 aromatic carbocycles. The van der Waals surface area contributed by atoms with Gasteiger partial charge in [0.2, 0.25) is 6.41 Å². The molecule has 12 nitrogen and oxygen atoms in total. The van der Waals surface area contributed by atoms with Crippen LogP contribution in [0.5, 0.6) is 0 Å². The fourth-order valence-electron chi connectivity index (χ4n) is 5.39. The average molecular weight is 812 g/mol. The number of aromatic nitrogens is 1. The van der Waals surface area contributed by atoms with E-state index in [1.54, 1.807) is 55.5 Å². The Balaban J connectivity index is 0.000000327. The molecule has 1 aromatic heterocycles. The number of H-pyrrole nitrogens is 1. The number of imide groups is 1. The molecule has 15 heteroatoms. The molecule has 1 aliphatic heterocycles. The molecule has 0 aliphatic carbocycles. The number of hydrogen-bond donors (Lipinski definition) is 1. The number of halogens is 1. The van der Waals surface area contributed by atoms with E-state index in [0.29, 0.717) is 51.7 Å². The number of methoxy groups -OCH3 is 1. The quantitative estimate of drug-likeness (QED) is 0.0554. The Bertz CT molecular complexity index is 2090. The van der Waals surface area contributed by atoms with Gasteiger partial charge in [-0.25, -0.2) is 17.6 Å². The van der Waals surface area contributed by atoms with Crippen LogP contribution in [-0.4, -0.2) is 88.9 Å². The van der Waals surface area contributed by atoms with Crippen LogP contribution < -0.4 is 0 Å². The van der Waals surface area contributed by atoms with E-state index in [2.05, 4.69) is 4.98 Å². The number of unbranched alkanes of at least 4 members (excludes halogenated alkanes) is 1. The number of carbonyl (C=O) groups excluding carboxylic acids is 4. The van der Waals surface area contributed by atoms with Gasteiger partial charge in [0.05, 0.1) is 48.9 Å². The molecule has 1 aliphatic rings. The first kappa shape index (κ1) is 42.1. The van der Waals surface area contributed by atoms with Crippen LogP contribution in [0.25, 0.3) is 22.0 Å².